The van der Waals surface area contributed by atoms with Crippen molar-refractivity contribution in [1.29, 1.82) is 0 Å². The summed E-state index contributed by atoms with van der Waals surface area (Å²) in [7, 11) is 0. The average Bonchev–Trinajstić information content (AvgIpc) is 2.78. The van der Waals surface area contributed by atoms with Gasteiger partial charge < -0.3 is 10.2 Å². The lowest BCUT2D eigenvalue weighted by Gasteiger charge is -2.18. The molecule has 1 aromatic rings. The van der Waals surface area contributed by atoms with Gasteiger partial charge in [-0.15, -0.1) is 0 Å². The first-order chi connectivity index (χ1) is 6.93. The molecule has 0 spiro atoms. The molecule has 2 saturated heterocycles. The van der Waals surface area contributed by atoms with Crippen LogP contribution in [0, 0.1) is 5.92 Å². The quantitative estimate of drug-likeness (QED) is 0.711. The lowest BCUT2D eigenvalue weighted by atomic mass is 10.1. The molecule has 0 amide bonds. The number of hydrogen-bond acceptors (Lipinski definition) is 3. The van der Waals surface area contributed by atoms with Crippen LogP contribution in [-0.2, 0) is 0 Å². The van der Waals surface area contributed by atoms with E-state index < -0.39 is 0 Å². The van der Waals surface area contributed by atoms with Gasteiger partial charge in [0.15, 0.2) is 0 Å². The van der Waals surface area contributed by atoms with E-state index in [-0.39, 0.29) is 0 Å². The largest absolute Gasteiger partial charge is 0.368 e. The summed E-state index contributed by atoms with van der Waals surface area (Å²) in [5, 5.41) is 3.56. The summed E-state index contributed by atoms with van der Waals surface area (Å²) < 4.78 is 0. The van der Waals surface area contributed by atoms with Gasteiger partial charge in [-0.2, -0.15) is 0 Å². The van der Waals surface area contributed by atoms with Crippen LogP contribution < -0.4 is 10.2 Å². The molecule has 0 aliphatic carbocycles. The summed E-state index contributed by atoms with van der Waals surface area (Å²) in [5.74, 6) is 0.857. The van der Waals surface area contributed by atoms with Crippen molar-refractivity contribution in [2.24, 2.45) is 5.92 Å². The second-order valence-corrected chi connectivity index (χ2v) is 4.23. The van der Waals surface area contributed by atoms with Gasteiger partial charge in [0.05, 0.1) is 11.9 Å². The third kappa shape index (κ3) is 1.28. The molecule has 1 N–H and O–H groups in total. The Labute approximate surface area is 84.1 Å². The van der Waals surface area contributed by atoms with Gasteiger partial charge in [0, 0.05) is 25.3 Å². The summed E-state index contributed by atoms with van der Waals surface area (Å²) in [5.41, 5.74) is 1.27. The number of nitrogens with zero attached hydrogens (tertiary/aromatic N) is 2. The average molecular weight is 189 g/mol. The van der Waals surface area contributed by atoms with Crippen molar-refractivity contribution in [3.63, 3.8) is 0 Å². The van der Waals surface area contributed by atoms with Gasteiger partial charge in [-0.3, -0.25) is 4.98 Å². The van der Waals surface area contributed by atoms with E-state index in [2.05, 4.69) is 21.3 Å². The maximum absolute atomic E-state index is 4.16. The van der Waals surface area contributed by atoms with Crippen LogP contribution in [0.3, 0.4) is 0 Å². The van der Waals surface area contributed by atoms with Crippen LogP contribution in [0.2, 0.25) is 0 Å². The summed E-state index contributed by atoms with van der Waals surface area (Å²) in [4.78, 5) is 6.60. The normalized spacial score (nSPS) is 30.7. The molecule has 0 bridgehead atoms. The minimum absolute atomic E-state index is 0.718. The number of aromatic nitrogens is 1. The van der Waals surface area contributed by atoms with E-state index in [1.165, 1.54) is 25.2 Å². The van der Waals surface area contributed by atoms with Crippen molar-refractivity contribution >= 4 is 5.69 Å². The summed E-state index contributed by atoms with van der Waals surface area (Å²) in [6, 6.07) is 4.88. The van der Waals surface area contributed by atoms with Gasteiger partial charge in [0.25, 0.3) is 0 Å². The molecule has 3 heterocycles. The summed E-state index contributed by atoms with van der Waals surface area (Å²) in [6.45, 7) is 3.55. The van der Waals surface area contributed by atoms with E-state index >= 15 is 0 Å². The topological polar surface area (TPSA) is 28.2 Å². The van der Waals surface area contributed by atoms with Gasteiger partial charge >= 0.3 is 0 Å². The second kappa shape index (κ2) is 3.24. The smallest absolute Gasteiger partial charge is 0.0553 e. The van der Waals surface area contributed by atoms with Crippen molar-refractivity contribution in [3.8, 4) is 0 Å². The predicted octanol–water partition coefficient (Wildman–Crippen LogP) is 0.880. The number of pyridine rings is 1. The lowest BCUT2D eigenvalue weighted by Crippen LogP contribution is -2.30. The fourth-order valence-corrected chi connectivity index (χ4v) is 2.60. The van der Waals surface area contributed by atoms with Crippen LogP contribution in [0.15, 0.2) is 24.5 Å². The molecule has 2 aliphatic rings. The van der Waals surface area contributed by atoms with Crippen LogP contribution in [0.25, 0.3) is 0 Å². The molecule has 3 nitrogen and oxygen atoms in total. The maximum Gasteiger partial charge on any atom is 0.0553 e. The number of fused-ring (bicyclic) bond motifs is 1. The van der Waals surface area contributed by atoms with E-state index in [4.69, 9.17) is 0 Å². The molecule has 1 aromatic heterocycles. The molecular formula is C11H15N3. The third-order valence-electron chi connectivity index (χ3n) is 3.37. The van der Waals surface area contributed by atoms with Gasteiger partial charge in [0.1, 0.15) is 0 Å². The minimum atomic E-state index is 0.718. The molecule has 2 fully saturated rings. The van der Waals surface area contributed by atoms with Crippen LogP contribution in [0.1, 0.15) is 6.42 Å². The Bertz CT molecular complexity index is 300. The molecule has 74 valence electrons. The number of nitrogens with one attached hydrogen (secondary N) is 1. The second-order valence-electron chi connectivity index (χ2n) is 4.23. The van der Waals surface area contributed by atoms with Crippen molar-refractivity contribution < 1.29 is 0 Å². The zero-order chi connectivity index (χ0) is 9.38. The number of hydrogen-bond donors (Lipinski definition) is 1. The van der Waals surface area contributed by atoms with Crippen LogP contribution in [0.4, 0.5) is 5.69 Å². The highest BCUT2D eigenvalue weighted by Crippen LogP contribution is 2.28. The Hall–Kier alpha value is -1.09. The Morgan fingerprint density at radius 1 is 1.43 bits per heavy atom. The van der Waals surface area contributed by atoms with Gasteiger partial charge in [0.2, 0.25) is 0 Å². The van der Waals surface area contributed by atoms with E-state index in [1.807, 2.05) is 18.5 Å². The molecule has 0 saturated carbocycles. The fourth-order valence-electron chi connectivity index (χ4n) is 2.60. The number of rotatable bonds is 1. The van der Waals surface area contributed by atoms with Gasteiger partial charge in [-0.05, 0) is 31.0 Å². The highest BCUT2D eigenvalue weighted by molar-refractivity contribution is 5.45. The lowest BCUT2D eigenvalue weighted by molar-refractivity contribution is 0.556. The summed E-state index contributed by atoms with van der Waals surface area (Å²) >= 11 is 0. The highest BCUT2D eigenvalue weighted by Gasteiger charge is 2.35. The SMILES string of the molecule is c1cncc(N2CC3CCNC3C2)c1. The monoisotopic (exact) mass is 189 g/mol. The molecular weight excluding hydrogens is 174 g/mol. The van der Waals surface area contributed by atoms with E-state index in [0.717, 1.165) is 18.5 Å². The first kappa shape index (κ1) is 8.24. The fraction of sp³-hybridized carbons (Fsp3) is 0.545. The first-order valence-corrected chi connectivity index (χ1v) is 5.32. The van der Waals surface area contributed by atoms with Crippen molar-refractivity contribution in [2.75, 3.05) is 24.5 Å². The van der Waals surface area contributed by atoms with Gasteiger partial charge in [-0.25, -0.2) is 0 Å². The van der Waals surface area contributed by atoms with E-state index in [9.17, 15) is 0 Å². The molecule has 0 aromatic carbocycles. The Balaban J connectivity index is 1.77. The van der Waals surface area contributed by atoms with Crippen molar-refractivity contribution in [3.05, 3.63) is 24.5 Å². The maximum atomic E-state index is 4.16. The van der Waals surface area contributed by atoms with Crippen LogP contribution >= 0.6 is 0 Å². The van der Waals surface area contributed by atoms with Crippen LogP contribution in [0.5, 0.6) is 0 Å². The zero-order valence-corrected chi connectivity index (χ0v) is 8.19. The molecule has 0 radical (unpaired) electrons. The first-order valence-electron chi connectivity index (χ1n) is 5.32. The van der Waals surface area contributed by atoms with Crippen molar-refractivity contribution in [2.45, 2.75) is 12.5 Å². The molecule has 2 atom stereocenters. The molecule has 14 heavy (non-hydrogen) atoms. The third-order valence-corrected chi connectivity index (χ3v) is 3.37. The molecule has 2 unspecified atom stereocenters. The Morgan fingerprint density at radius 3 is 3.21 bits per heavy atom. The molecule has 3 rings (SSSR count). The standard InChI is InChI=1S/C11H15N3/c1-2-10(6-12-4-1)14-7-9-3-5-13-11(9)8-14/h1-2,4,6,9,11,13H,3,5,7-8H2. The highest BCUT2D eigenvalue weighted by atomic mass is 15.2. The Morgan fingerprint density at radius 2 is 2.43 bits per heavy atom. The van der Waals surface area contributed by atoms with Crippen molar-refractivity contribution in [1.82, 2.24) is 10.3 Å². The van der Waals surface area contributed by atoms with E-state index in [1.54, 1.807) is 0 Å². The predicted molar refractivity (Wildman–Crippen MR) is 56.3 cm³/mol. The zero-order valence-electron chi connectivity index (χ0n) is 8.19. The minimum Gasteiger partial charge on any atom is -0.368 e. The molecule has 3 heteroatoms. The van der Waals surface area contributed by atoms with E-state index in [0.29, 0.717) is 0 Å². The Kier molecular flexibility index (Phi) is 1.91. The number of anilines is 1. The summed E-state index contributed by atoms with van der Waals surface area (Å²) in [6.07, 6.45) is 5.13. The van der Waals surface area contributed by atoms with Crippen LogP contribution in [-0.4, -0.2) is 30.7 Å². The van der Waals surface area contributed by atoms with Gasteiger partial charge in [-0.1, -0.05) is 0 Å². The molecule has 2 aliphatic heterocycles.